The summed E-state index contributed by atoms with van der Waals surface area (Å²) < 4.78 is 10.6. The molecule has 0 unspecified atom stereocenters. The molecule has 110 valence electrons. The lowest BCUT2D eigenvalue weighted by atomic mass is 9.94. The molecule has 0 saturated carbocycles. The van der Waals surface area contributed by atoms with E-state index in [2.05, 4.69) is 0 Å². The van der Waals surface area contributed by atoms with E-state index in [0.717, 1.165) is 22.3 Å². The van der Waals surface area contributed by atoms with Crippen molar-refractivity contribution in [2.24, 2.45) is 0 Å². The number of carboxylic acids is 1. The highest BCUT2D eigenvalue weighted by molar-refractivity contribution is 5.92. The number of hydrogen-bond donors (Lipinski definition) is 1. The van der Waals surface area contributed by atoms with Gasteiger partial charge in [-0.3, -0.25) is 0 Å². The molecule has 4 heteroatoms. The summed E-state index contributed by atoms with van der Waals surface area (Å²) in [6, 6.07) is 9.03. The molecular formula is C17H18O4. The molecule has 1 N–H and O–H groups in total. The largest absolute Gasteiger partial charge is 0.497 e. The topological polar surface area (TPSA) is 55.8 Å². The summed E-state index contributed by atoms with van der Waals surface area (Å²) in [7, 11) is 3.18. The number of methoxy groups -OCH3 is 2. The number of carboxylic acid groups (broad SMARTS) is 1. The third-order valence-corrected chi connectivity index (χ3v) is 3.50. The van der Waals surface area contributed by atoms with Crippen LogP contribution in [0, 0.1) is 13.8 Å². The van der Waals surface area contributed by atoms with Crippen molar-refractivity contribution in [1.29, 1.82) is 0 Å². The summed E-state index contributed by atoms with van der Waals surface area (Å²) in [4.78, 5) is 11.3. The van der Waals surface area contributed by atoms with Crippen LogP contribution in [0.25, 0.3) is 11.1 Å². The van der Waals surface area contributed by atoms with Gasteiger partial charge in [-0.15, -0.1) is 0 Å². The number of hydrogen-bond acceptors (Lipinski definition) is 3. The zero-order chi connectivity index (χ0) is 15.6. The molecule has 0 atom stereocenters. The first-order chi connectivity index (χ1) is 9.97. The van der Waals surface area contributed by atoms with Gasteiger partial charge in [0.05, 0.1) is 19.8 Å². The lowest BCUT2D eigenvalue weighted by Crippen LogP contribution is -2.02. The van der Waals surface area contributed by atoms with E-state index >= 15 is 0 Å². The maximum Gasteiger partial charge on any atom is 0.335 e. The van der Waals surface area contributed by atoms with Crippen molar-refractivity contribution in [2.45, 2.75) is 13.8 Å². The number of aryl methyl sites for hydroxylation is 2. The van der Waals surface area contributed by atoms with E-state index in [9.17, 15) is 9.90 Å². The van der Waals surface area contributed by atoms with Crippen LogP contribution in [0.1, 0.15) is 21.5 Å². The van der Waals surface area contributed by atoms with Crippen LogP contribution in [-0.2, 0) is 0 Å². The summed E-state index contributed by atoms with van der Waals surface area (Å²) in [5, 5.41) is 9.30. The monoisotopic (exact) mass is 286 g/mol. The molecule has 0 radical (unpaired) electrons. The van der Waals surface area contributed by atoms with Gasteiger partial charge < -0.3 is 14.6 Å². The Kier molecular flexibility index (Phi) is 4.17. The zero-order valence-electron chi connectivity index (χ0n) is 12.6. The Morgan fingerprint density at radius 3 is 2.24 bits per heavy atom. The van der Waals surface area contributed by atoms with Crippen molar-refractivity contribution in [3.05, 3.63) is 47.0 Å². The number of benzene rings is 2. The average molecular weight is 286 g/mol. The minimum atomic E-state index is -0.935. The van der Waals surface area contributed by atoms with E-state index in [1.165, 1.54) is 0 Å². The molecule has 0 aromatic heterocycles. The Morgan fingerprint density at radius 2 is 1.67 bits per heavy atom. The lowest BCUT2D eigenvalue weighted by molar-refractivity contribution is 0.0696. The minimum absolute atomic E-state index is 0.292. The molecule has 0 heterocycles. The van der Waals surface area contributed by atoms with E-state index in [-0.39, 0.29) is 0 Å². The summed E-state index contributed by atoms with van der Waals surface area (Å²) in [5.41, 5.74) is 3.67. The molecule has 0 aliphatic rings. The maximum absolute atomic E-state index is 11.3. The van der Waals surface area contributed by atoms with E-state index < -0.39 is 5.97 Å². The molecule has 0 aliphatic carbocycles. The fourth-order valence-electron chi connectivity index (χ4n) is 2.40. The van der Waals surface area contributed by atoms with Gasteiger partial charge in [0.25, 0.3) is 0 Å². The van der Waals surface area contributed by atoms with Crippen molar-refractivity contribution in [1.82, 2.24) is 0 Å². The highest BCUT2D eigenvalue weighted by Gasteiger charge is 2.15. The predicted octanol–water partition coefficient (Wildman–Crippen LogP) is 3.69. The van der Waals surface area contributed by atoms with Crippen LogP contribution in [-0.4, -0.2) is 25.3 Å². The second-order valence-corrected chi connectivity index (χ2v) is 4.85. The second-order valence-electron chi connectivity index (χ2n) is 4.85. The average Bonchev–Trinajstić information content (AvgIpc) is 2.46. The van der Waals surface area contributed by atoms with Gasteiger partial charge in [-0.2, -0.15) is 0 Å². The fraction of sp³-hybridized carbons (Fsp3) is 0.235. The first-order valence-electron chi connectivity index (χ1n) is 6.55. The fourth-order valence-corrected chi connectivity index (χ4v) is 2.40. The van der Waals surface area contributed by atoms with Gasteiger partial charge in [-0.25, -0.2) is 4.79 Å². The summed E-state index contributed by atoms with van der Waals surface area (Å²) in [5.74, 6) is 0.442. The summed E-state index contributed by atoms with van der Waals surface area (Å²) in [6.45, 7) is 3.75. The quantitative estimate of drug-likeness (QED) is 0.931. The second kappa shape index (κ2) is 5.87. The summed E-state index contributed by atoms with van der Waals surface area (Å²) >= 11 is 0. The van der Waals surface area contributed by atoms with Gasteiger partial charge in [0.2, 0.25) is 0 Å². The number of ether oxygens (including phenoxy) is 2. The van der Waals surface area contributed by atoms with E-state index in [0.29, 0.717) is 17.1 Å². The molecule has 0 bridgehead atoms. The van der Waals surface area contributed by atoms with Gasteiger partial charge in [-0.05, 0) is 54.8 Å². The zero-order valence-corrected chi connectivity index (χ0v) is 12.6. The van der Waals surface area contributed by atoms with E-state index in [4.69, 9.17) is 9.47 Å². The SMILES string of the molecule is COc1ccc(OC)c(-c2cc(C(=O)O)c(C)cc2C)c1. The van der Waals surface area contributed by atoms with Gasteiger partial charge in [0.1, 0.15) is 11.5 Å². The maximum atomic E-state index is 11.3. The van der Waals surface area contributed by atoms with Crippen LogP contribution >= 0.6 is 0 Å². The third kappa shape index (κ3) is 2.84. The molecule has 0 aliphatic heterocycles. The molecule has 0 amide bonds. The first kappa shape index (κ1) is 14.9. The van der Waals surface area contributed by atoms with Crippen LogP contribution < -0.4 is 9.47 Å². The molecule has 21 heavy (non-hydrogen) atoms. The molecule has 0 spiro atoms. The highest BCUT2D eigenvalue weighted by atomic mass is 16.5. The van der Waals surface area contributed by atoms with Crippen LogP contribution in [0.2, 0.25) is 0 Å². The Balaban J connectivity index is 2.71. The predicted molar refractivity (Wildman–Crippen MR) is 81.4 cm³/mol. The minimum Gasteiger partial charge on any atom is -0.497 e. The van der Waals surface area contributed by atoms with Gasteiger partial charge in [-0.1, -0.05) is 6.07 Å². The van der Waals surface area contributed by atoms with Crippen molar-refractivity contribution in [3.63, 3.8) is 0 Å². The van der Waals surface area contributed by atoms with Crippen molar-refractivity contribution in [2.75, 3.05) is 14.2 Å². The Bertz CT molecular complexity index is 689. The van der Waals surface area contributed by atoms with Crippen LogP contribution in [0.5, 0.6) is 11.5 Å². The molecule has 2 aromatic rings. The third-order valence-electron chi connectivity index (χ3n) is 3.50. The number of aromatic carboxylic acids is 1. The Labute approximate surface area is 123 Å². The van der Waals surface area contributed by atoms with Crippen molar-refractivity contribution in [3.8, 4) is 22.6 Å². The van der Waals surface area contributed by atoms with Crippen molar-refractivity contribution < 1.29 is 19.4 Å². The van der Waals surface area contributed by atoms with Gasteiger partial charge in [0.15, 0.2) is 0 Å². The molecule has 2 aromatic carbocycles. The van der Waals surface area contributed by atoms with Crippen LogP contribution in [0.3, 0.4) is 0 Å². The Morgan fingerprint density at radius 1 is 0.952 bits per heavy atom. The van der Waals surface area contributed by atoms with E-state index in [1.54, 1.807) is 27.2 Å². The van der Waals surface area contributed by atoms with Gasteiger partial charge >= 0.3 is 5.97 Å². The number of carbonyl (C=O) groups is 1. The molecule has 2 rings (SSSR count). The molecule has 4 nitrogen and oxygen atoms in total. The normalized spacial score (nSPS) is 10.3. The lowest BCUT2D eigenvalue weighted by Gasteiger charge is -2.14. The van der Waals surface area contributed by atoms with E-state index in [1.807, 2.05) is 31.2 Å². The Hall–Kier alpha value is -2.49. The van der Waals surface area contributed by atoms with Gasteiger partial charge in [0, 0.05) is 5.56 Å². The van der Waals surface area contributed by atoms with Crippen LogP contribution in [0.15, 0.2) is 30.3 Å². The highest BCUT2D eigenvalue weighted by Crippen LogP contribution is 2.36. The molecule has 0 fully saturated rings. The van der Waals surface area contributed by atoms with Crippen LogP contribution in [0.4, 0.5) is 0 Å². The smallest absolute Gasteiger partial charge is 0.335 e. The molecule has 0 saturated heterocycles. The molecular weight excluding hydrogens is 268 g/mol. The standard InChI is InChI=1S/C17H18O4/c1-10-7-11(2)14(17(18)19)9-13(10)15-8-12(20-3)5-6-16(15)21-4/h5-9H,1-4H3,(H,18,19). The van der Waals surface area contributed by atoms with Crippen molar-refractivity contribution >= 4 is 5.97 Å². The summed E-state index contributed by atoms with van der Waals surface area (Å²) in [6.07, 6.45) is 0. The number of rotatable bonds is 4. The first-order valence-corrected chi connectivity index (χ1v) is 6.55.